The largest absolute Gasteiger partial charge is 0.399 e. The van der Waals surface area contributed by atoms with Crippen molar-refractivity contribution < 1.29 is 14.7 Å². The second-order valence-corrected chi connectivity index (χ2v) is 7.25. The van der Waals surface area contributed by atoms with Gasteiger partial charge >= 0.3 is 0 Å². The van der Waals surface area contributed by atoms with Gasteiger partial charge < -0.3 is 15.7 Å². The molecule has 150 valence electrons. The first-order valence-electron chi connectivity index (χ1n) is 9.70. The molecule has 3 rings (SSSR count). The zero-order valence-electron chi connectivity index (χ0n) is 16.0. The molecule has 1 saturated heterocycles. The number of hydrogen-bond acceptors (Lipinski definition) is 6. The number of benzene rings is 1. The zero-order valence-corrected chi connectivity index (χ0v) is 16.0. The molecule has 1 aromatic heterocycles. The van der Waals surface area contributed by atoms with Crippen molar-refractivity contribution in [3.8, 4) is 0 Å². The van der Waals surface area contributed by atoms with Gasteiger partial charge in [0.05, 0.1) is 25.4 Å². The lowest BCUT2D eigenvalue weighted by molar-refractivity contribution is -0.134. The highest BCUT2D eigenvalue weighted by atomic mass is 16.3. The summed E-state index contributed by atoms with van der Waals surface area (Å²) in [6.07, 6.45) is 5.17. The Morgan fingerprint density at radius 3 is 2.68 bits per heavy atom. The highest BCUT2D eigenvalue weighted by Crippen LogP contribution is 2.20. The van der Waals surface area contributed by atoms with E-state index in [1.807, 2.05) is 29.2 Å². The summed E-state index contributed by atoms with van der Waals surface area (Å²) in [4.78, 5) is 26.6. The maximum Gasteiger partial charge on any atom is 0.223 e. The molecular weight excluding hydrogens is 358 g/mol. The van der Waals surface area contributed by atoms with Crippen LogP contribution in [0.15, 0.2) is 30.5 Å². The van der Waals surface area contributed by atoms with E-state index >= 15 is 0 Å². The molecular formula is C20H27N5O3. The van der Waals surface area contributed by atoms with Gasteiger partial charge in [-0.1, -0.05) is 17.3 Å². The number of aliphatic hydroxyl groups excluding tert-OH is 1. The van der Waals surface area contributed by atoms with Crippen LogP contribution < -0.4 is 5.73 Å². The Morgan fingerprint density at radius 1 is 1.18 bits per heavy atom. The van der Waals surface area contributed by atoms with Crippen LogP contribution in [0.1, 0.15) is 43.4 Å². The van der Waals surface area contributed by atoms with E-state index < -0.39 is 0 Å². The van der Waals surface area contributed by atoms with E-state index in [4.69, 9.17) is 10.8 Å². The molecule has 1 fully saturated rings. The summed E-state index contributed by atoms with van der Waals surface area (Å²) in [5.74, 6) is 0.121. The lowest BCUT2D eigenvalue weighted by Gasteiger charge is -2.24. The molecule has 3 N–H and O–H groups in total. The van der Waals surface area contributed by atoms with Crippen LogP contribution in [0.3, 0.4) is 0 Å². The lowest BCUT2D eigenvalue weighted by atomic mass is 10.0. The van der Waals surface area contributed by atoms with Gasteiger partial charge in [-0.2, -0.15) is 0 Å². The third-order valence-electron chi connectivity index (χ3n) is 5.13. The van der Waals surface area contributed by atoms with Crippen molar-refractivity contribution in [2.45, 2.75) is 57.7 Å². The van der Waals surface area contributed by atoms with Gasteiger partial charge in [0.2, 0.25) is 5.91 Å². The minimum atomic E-state index is -0.147. The predicted octanol–water partition coefficient (Wildman–Crippen LogP) is 1.33. The van der Waals surface area contributed by atoms with E-state index in [2.05, 4.69) is 10.3 Å². The highest BCUT2D eigenvalue weighted by molar-refractivity contribution is 5.85. The van der Waals surface area contributed by atoms with Gasteiger partial charge in [0.15, 0.2) is 0 Å². The predicted molar refractivity (Wildman–Crippen MR) is 104 cm³/mol. The number of ketones is 1. The molecule has 0 saturated carbocycles. The molecule has 2 heterocycles. The Balaban J connectivity index is 1.43. The molecule has 0 aliphatic carbocycles. The third kappa shape index (κ3) is 5.39. The van der Waals surface area contributed by atoms with E-state index in [-0.39, 0.29) is 37.2 Å². The second kappa shape index (κ2) is 9.45. The van der Waals surface area contributed by atoms with Crippen molar-refractivity contribution in [3.63, 3.8) is 0 Å². The van der Waals surface area contributed by atoms with Crippen LogP contribution in [-0.4, -0.2) is 49.3 Å². The van der Waals surface area contributed by atoms with Crippen LogP contribution in [0.4, 0.5) is 5.69 Å². The number of nitrogen functional groups attached to an aromatic ring is 1. The number of aryl methyl sites for hydroxylation is 1. The van der Waals surface area contributed by atoms with Crippen molar-refractivity contribution in [3.05, 3.63) is 41.7 Å². The van der Waals surface area contributed by atoms with Gasteiger partial charge in [-0.05, 0) is 37.0 Å². The number of carbonyl (C=O) groups excluding carboxylic acids is 2. The minimum Gasteiger partial charge on any atom is -0.399 e. The Labute approximate surface area is 164 Å². The highest BCUT2D eigenvalue weighted by Gasteiger charge is 2.29. The fourth-order valence-electron chi connectivity index (χ4n) is 3.55. The maximum atomic E-state index is 12.6. The first-order valence-corrected chi connectivity index (χ1v) is 9.70. The number of carbonyl (C=O) groups is 2. The molecule has 0 bridgehead atoms. The summed E-state index contributed by atoms with van der Waals surface area (Å²) in [5, 5.41) is 16.9. The van der Waals surface area contributed by atoms with E-state index in [1.54, 1.807) is 10.9 Å². The number of amides is 1. The molecule has 2 aromatic rings. The SMILES string of the molecule is Nc1ccc(CCC(=O)CCC(=O)N2CCCC2Cn2cc(CO)nn2)cc1. The first-order chi connectivity index (χ1) is 13.5. The zero-order chi connectivity index (χ0) is 19.9. The molecule has 28 heavy (non-hydrogen) atoms. The van der Waals surface area contributed by atoms with Gasteiger partial charge in [0.25, 0.3) is 0 Å². The molecule has 1 unspecified atom stereocenters. The first kappa shape index (κ1) is 20.0. The molecule has 1 aliphatic heterocycles. The van der Waals surface area contributed by atoms with E-state index in [1.165, 1.54) is 0 Å². The number of Topliss-reactive ketones (excluding diaryl/α,β-unsaturated/α-hetero) is 1. The third-order valence-corrected chi connectivity index (χ3v) is 5.13. The van der Waals surface area contributed by atoms with Crippen LogP contribution in [0.5, 0.6) is 0 Å². The van der Waals surface area contributed by atoms with Crippen molar-refractivity contribution >= 4 is 17.4 Å². The number of likely N-dealkylation sites (tertiary alicyclic amines) is 1. The minimum absolute atomic E-state index is 0.0193. The number of rotatable bonds is 9. The summed E-state index contributed by atoms with van der Waals surface area (Å²) >= 11 is 0. The molecule has 0 spiro atoms. The molecule has 0 radical (unpaired) electrons. The quantitative estimate of drug-likeness (QED) is 0.629. The summed E-state index contributed by atoms with van der Waals surface area (Å²) in [7, 11) is 0. The Bertz CT molecular complexity index is 802. The van der Waals surface area contributed by atoms with Crippen LogP contribution in [0, 0.1) is 0 Å². The van der Waals surface area contributed by atoms with Crippen molar-refractivity contribution in [1.29, 1.82) is 0 Å². The Hall–Kier alpha value is -2.74. The normalized spacial score (nSPS) is 16.5. The van der Waals surface area contributed by atoms with Crippen molar-refractivity contribution in [2.75, 3.05) is 12.3 Å². The number of aromatic nitrogens is 3. The van der Waals surface area contributed by atoms with E-state index in [0.717, 1.165) is 18.4 Å². The lowest BCUT2D eigenvalue weighted by Crippen LogP contribution is -2.38. The van der Waals surface area contributed by atoms with Gasteiger partial charge in [-0.25, -0.2) is 0 Å². The Kier molecular flexibility index (Phi) is 6.76. The van der Waals surface area contributed by atoms with Gasteiger partial charge in [-0.3, -0.25) is 14.3 Å². The molecule has 8 nitrogen and oxygen atoms in total. The fourth-order valence-corrected chi connectivity index (χ4v) is 3.55. The number of aliphatic hydroxyl groups is 1. The average Bonchev–Trinajstić information content (AvgIpc) is 3.35. The topological polar surface area (TPSA) is 114 Å². The molecule has 1 aromatic carbocycles. The van der Waals surface area contributed by atoms with Gasteiger partial charge in [0, 0.05) is 31.5 Å². The molecule has 1 aliphatic rings. The van der Waals surface area contributed by atoms with E-state index in [0.29, 0.717) is 37.3 Å². The second-order valence-electron chi connectivity index (χ2n) is 7.25. The molecule has 1 amide bonds. The van der Waals surface area contributed by atoms with Crippen LogP contribution in [-0.2, 0) is 29.2 Å². The molecule has 1 atom stereocenters. The van der Waals surface area contributed by atoms with Crippen LogP contribution >= 0.6 is 0 Å². The summed E-state index contributed by atoms with van der Waals surface area (Å²) < 4.78 is 1.67. The fraction of sp³-hybridized carbons (Fsp3) is 0.500. The summed E-state index contributed by atoms with van der Waals surface area (Å²) in [6.45, 7) is 1.13. The van der Waals surface area contributed by atoms with Crippen LogP contribution in [0.2, 0.25) is 0 Å². The van der Waals surface area contributed by atoms with Crippen molar-refractivity contribution in [1.82, 2.24) is 19.9 Å². The number of anilines is 1. The monoisotopic (exact) mass is 385 g/mol. The molecule has 8 heteroatoms. The van der Waals surface area contributed by atoms with Gasteiger partial charge in [-0.15, -0.1) is 5.10 Å². The summed E-state index contributed by atoms with van der Waals surface area (Å²) in [6, 6.07) is 7.57. The van der Waals surface area contributed by atoms with Crippen LogP contribution in [0.25, 0.3) is 0 Å². The smallest absolute Gasteiger partial charge is 0.223 e. The standard InChI is InChI=1S/C20H27N5O3/c21-16-6-3-15(4-7-16)5-8-19(27)9-10-20(28)25-11-1-2-18(25)13-24-12-17(14-26)22-23-24/h3-4,6-7,12,18,26H,1-2,5,8-11,13-14,21H2. The van der Waals surface area contributed by atoms with Crippen molar-refractivity contribution in [2.24, 2.45) is 0 Å². The Morgan fingerprint density at radius 2 is 1.96 bits per heavy atom. The number of nitrogens with two attached hydrogens (primary N) is 1. The summed E-state index contributed by atoms with van der Waals surface area (Å²) in [5.41, 5.74) is 7.96. The van der Waals surface area contributed by atoms with E-state index in [9.17, 15) is 9.59 Å². The maximum absolute atomic E-state index is 12.6. The average molecular weight is 385 g/mol. The van der Waals surface area contributed by atoms with Gasteiger partial charge in [0.1, 0.15) is 11.5 Å². The number of nitrogens with zero attached hydrogens (tertiary/aromatic N) is 4. The number of hydrogen-bond donors (Lipinski definition) is 2.